The van der Waals surface area contributed by atoms with Gasteiger partial charge < -0.3 is 0 Å². The van der Waals surface area contributed by atoms with Crippen molar-refractivity contribution in [3.63, 3.8) is 0 Å². The Morgan fingerprint density at radius 1 is 1.12 bits per heavy atom. The molecule has 0 spiro atoms. The second kappa shape index (κ2) is 6.76. The monoisotopic (exact) mass is 378 g/mol. The zero-order chi connectivity index (χ0) is 18.8. The molecule has 2 aromatic carbocycles. The molecule has 0 radical (unpaired) electrons. The third-order valence-electron chi connectivity index (χ3n) is 3.16. The van der Waals surface area contributed by atoms with Crippen molar-refractivity contribution in [1.29, 1.82) is 0 Å². The smallest absolute Gasteiger partial charge is 0.258 e. The van der Waals surface area contributed by atoms with Crippen LogP contribution in [0, 0.1) is 15.9 Å². The minimum Gasteiger partial charge on any atom is -0.258 e. The van der Waals surface area contributed by atoms with E-state index in [-0.39, 0.29) is 5.56 Å². The van der Waals surface area contributed by atoms with Crippen molar-refractivity contribution in [3.05, 3.63) is 69.5 Å². The fourth-order valence-corrected chi connectivity index (χ4v) is 3.18. The molecule has 0 saturated heterocycles. The van der Waals surface area contributed by atoms with Gasteiger partial charge in [-0.25, -0.2) is 17.5 Å². The number of benzene rings is 2. The third-order valence-corrected chi connectivity index (χ3v) is 4.61. The minimum absolute atomic E-state index is 0.0762. The van der Waals surface area contributed by atoms with Crippen LogP contribution in [0.25, 0.3) is 0 Å². The molecule has 0 aliphatic carbocycles. The van der Waals surface area contributed by atoms with Crippen LogP contribution in [-0.4, -0.2) is 13.3 Å². The van der Waals surface area contributed by atoms with Crippen LogP contribution in [0.2, 0.25) is 0 Å². The average Bonchev–Trinajstić information content (AvgIpc) is 2.52. The maximum atomic E-state index is 13.5. The topological polar surface area (TPSA) is 89.3 Å². The maximum Gasteiger partial charge on any atom is 0.419 e. The second-order valence-electron chi connectivity index (χ2n) is 4.86. The van der Waals surface area contributed by atoms with Crippen LogP contribution in [0.3, 0.4) is 0 Å². The zero-order valence-corrected chi connectivity index (χ0v) is 13.1. The van der Waals surface area contributed by atoms with Crippen molar-refractivity contribution >= 4 is 15.7 Å². The zero-order valence-electron chi connectivity index (χ0n) is 12.2. The fraction of sp³-hybridized carbons (Fsp3) is 0.143. The lowest BCUT2D eigenvalue weighted by Crippen LogP contribution is -2.24. The molecule has 0 unspecified atom stereocenters. The SMILES string of the molecule is O=[N+]([O-])c1ccccc1S(=O)(=O)NCc1ccc(C(F)(F)F)c(F)c1. The summed E-state index contributed by atoms with van der Waals surface area (Å²) in [5.41, 5.74) is -2.21. The van der Waals surface area contributed by atoms with E-state index in [1.807, 2.05) is 4.72 Å². The number of rotatable bonds is 5. The van der Waals surface area contributed by atoms with Gasteiger partial charge in [0.15, 0.2) is 4.90 Å². The number of hydrogen-bond donors (Lipinski definition) is 1. The van der Waals surface area contributed by atoms with Gasteiger partial charge in [-0.2, -0.15) is 13.2 Å². The molecule has 0 fully saturated rings. The minimum atomic E-state index is -4.87. The highest BCUT2D eigenvalue weighted by Crippen LogP contribution is 2.31. The molecule has 0 bridgehead atoms. The number of nitro groups is 1. The van der Waals surface area contributed by atoms with Crippen molar-refractivity contribution in [2.45, 2.75) is 17.6 Å². The van der Waals surface area contributed by atoms with Crippen molar-refractivity contribution in [2.75, 3.05) is 0 Å². The Kier molecular flexibility index (Phi) is 5.09. The number of nitrogens with one attached hydrogen (secondary N) is 1. The molecule has 0 atom stereocenters. The van der Waals surface area contributed by atoms with Gasteiger partial charge in [-0.1, -0.05) is 18.2 Å². The fourth-order valence-electron chi connectivity index (χ4n) is 1.99. The Balaban J connectivity index is 2.24. The summed E-state index contributed by atoms with van der Waals surface area (Å²) in [6, 6.07) is 6.50. The molecule has 0 aliphatic rings. The van der Waals surface area contributed by atoms with Gasteiger partial charge in [0.2, 0.25) is 10.0 Å². The lowest BCUT2D eigenvalue weighted by molar-refractivity contribution is -0.387. The number of halogens is 4. The molecule has 0 saturated carbocycles. The Bertz CT molecular complexity index is 913. The van der Waals surface area contributed by atoms with Gasteiger partial charge in [-0.05, 0) is 23.8 Å². The number of nitrogens with zero attached hydrogens (tertiary/aromatic N) is 1. The van der Waals surface area contributed by atoms with Crippen LogP contribution in [0.4, 0.5) is 23.2 Å². The summed E-state index contributed by atoms with van der Waals surface area (Å²) >= 11 is 0. The number of hydrogen-bond acceptors (Lipinski definition) is 4. The van der Waals surface area contributed by atoms with E-state index in [2.05, 4.69) is 0 Å². The predicted molar refractivity (Wildman–Crippen MR) is 78.5 cm³/mol. The molecule has 0 aliphatic heterocycles. The van der Waals surface area contributed by atoms with Gasteiger partial charge in [0.25, 0.3) is 5.69 Å². The molecule has 11 heteroatoms. The summed E-state index contributed by atoms with van der Waals surface area (Å²) in [6.07, 6.45) is -4.87. The number of sulfonamides is 1. The summed E-state index contributed by atoms with van der Waals surface area (Å²) in [7, 11) is -4.32. The van der Waals surface area contributed by atoms with E-state index in [1.165, 1.54) is 12.1 Å². The Morgan fingerprint density at radius 3 is 2.32 bits per heavy atom. The van der Waals surface area contributed by atoms with Crippen molar-refractivity contribution < 1.29 is 30.9 Å². The third kappa shape index (κ3) is 4.31. The first-order valence-corrected chi connectivity index (χ1v) is 8.09. The van der Waals surface area contributed by atoms with Crippen LogP contribution < -0.4 is 4.72 Å². The van der Waals surface area contributed by atoms with E-state index >= 15 is 0 Å². The first-order chi connectivity index (χ1) is 11.5. The maximum absolute atomic E-state index is 13.5. The Labute approximate surface area is 139 Å². The molecule has 134 valence electrons. The number of alkyl halides is 3. The van der Waals surface area contributed by atoms with Crippen molar-refractivity contribution in [1.82, 2.24) is 4.72 Å². The highest BCUT2D eigenvalue weighted by molar-refractivity contribution is 7.89. The number of nitro benzene ring substituents is 1. The van der Waals surface area contributed by atoms with E-state index in [1.54, 1.807) is 0 Å². The molecule has 1 N–H and O–H groups in total. The van der Waals surface area contributed by atoms with Crippen molar-refractivity contribution in [2.24, 2.45) is 0 Å². The molecule has 2 rings (SSSR count). The lowest BCUT2D eigenvalue weighted by atomic mass is 10.1. The summed E-state index contributed by atoms with van der Waals surface area (Å²) in [6.45, 7) is -0.538. The van der Waals surface area contributed by atoms with Crippen molar-refractivity contribution in [3.8, 4) is 0 Å². The predicted octanol–water partition coefficient (Wildman–Crippen LogP) is 3.23. The summed E-state index contributed by atoms with van der Waals surface area (Å²) in [5.74, 6) is -1.55. The summed E-state index contributed by atoms with van der Waals surface area (Å²) < 4.78 is 77.2. The molecule has 0 heterocycles. The van der Waals surface area contributed by atoms with E-state index in [4.69, 9.17) is 0 Å². The van der Waals surface area contributed by atoms with Gasteiger partial charge in [0, 0.05) is 12.6 Å². The van der Waals surface area contributed by atoms with Crippen LogP contribution in [0.15, 0.2) is 47.4 Å². The molecule has 0 aromatic heterocycles. The first kappa shape index (κ1) is 18.8. The average molecular weight is 378 g/mol. The molecule has 0 amide bonds. The van der Waals surface area contributed by atoms with Crippen LogP contribution in [-0.2, 0) is 22.7 Å². The number of para-hydroxylation sites is 1. The standard InChI is InChI=1S/C14H10F4N2O4S/c15-11-7-9(5-6-10(11)14(16,17)18)8-19-25(23,24)13-4-2-1-3-12(13)20(21)22/h1-7,19H,8H2. The van der Waals surface area contributed by atoms with Gasteiger partial charge in [0.05, 0.1) is 10.5 Å². The first-order valence-electron chi connectivity index (χ1n) is 6.61. The largest absolute Gasteiger partial charge is 0.419 e. The van der Waals surface area contributed by atoms with E-state index < -0.39 is 49.6 Å². The highest BCUT2D eigenvalue weighted by Gasteiger charge is 2.34. The Morgan fingerprint density at radius 2 is 1.76 bits per heavy atom. The van der Waals surface area contributed by atoms with E-state index in [9.17, 15) is 36.1 Å². The summed E-state index contributed by atoms with van der Waals surface area (Å²) in [4.78, 5) is 9.39. The van der Waals surface area contributed by atoms with Gasteiger partial charge in [-0.3, -0.25) is 10.1 Å². The quantitative estimate of drug-likeness (QED) is 0.491. The van der Waals surface area contributed by atoms with Crippen LogP contribution >= 0.6 is 0 Å². The molecular formula is C14H10F4N2O4S. The highest BCUT2D eigenvalue weighted by atomic mass is 32.2. The normalized spacial score (nSPS) is 12.2. The van der Waals surface area contributed by atoms with Gasteiger partial charge in [0.1, 0.15) is 5.82 Å². The molecular weight excluding hydrogens is 368 g/mol. The van der Waals surface area contributed by atoms with E-state index in [0.29, 0.717) is 12.1 Å². The molecule has 2 aromatic rings. The van der Waals surface area contributed by atoms with Gasteiger partial charge in [-0.15, -0.1) is 0 Å². The molecule has 25 heavy (non-hydrogen) atoms. The van der Waals surface area contributed by atoms with E-state index in [0.717, 1.165) is 18.2 Å². The second-order valence-corrected chi connectivity index (χ2v) is 6.60. The van der Waals surface area contributed by atoms with Crippen LogP contribution in [0.5, 0.6) is 0 Å². The van der Waals surface area contributed by atoms with Crippen LogP contribution in [0.1, 0.15) is 11.1 Å². The Hall–Kier alpha value is -2.53. The summed E-state index contributed by atoms with van der Waals surface area (Å²) in [5, 5.41) is 10.9. The lowest BCUT2D eigenvalue weighted by Gasteiger charge is -2.10. The molecule has 6 nitrogen and oxygen atoms in total. The van der Waals surface area contributed by atoms with Gasteiger partial charge >= 0.3 is 6.18 Å².